The van der Waals surface area contributed by atoms with Crippen LogP contribution < -0.4 is 10.6 Å². The quantitative estimate of drug-likeness (QED) is 0.638. The number of aliphatic hydroxyl groups is 1. The summed E-state index contributed by atoms with van der Waals surface area (Å²) < 4.78 is 2.04. The lowest BCUT2D eigenvalue weighted by Gasteiger charge is -2.29. The molecule has 0 unspecified atom stereocenters. The molecule has 0 aromatic carbocycles. The van der Waals surface area contributed by atoms with Gasteiger partial charge in [-0.25, -0.2) is 9.97 Å². The SMILES string of the molecule is CSc1nc(N)cc(N2CCCn3nc([C@H](O)C4CCC4)cc3C2)n1. The largest absolute Gasteiger partial charge is 0.386 e. The first-order valence-corrected chi connectivity index (χ1v) is 10.0. The topological polar surface area (TPSA) is 93.1 Å². The molecule has 0 radical (unpaired) electrons. The molecular weight excluding hydrogens is 336 g/mol. The first-order chi connectivity index (χ1) is 12.1. The minimum atomic E-state index is -0.431. The van der Waals surface area contributed by atoms with E-state index in [1.165, 1.54) is 18.2 Å². The summed E-state index contributed by atoms with van der Waals surface area (Å²) in [6.45, 7) is 2.47. The Morgan fingerprint density at radius 3 is 2.80 bits per heavy atom. The van der Waals surface area contributed by atoms with Crippen molar-refractivity contribution >= 4 is 23.4 Å². The fourth-order valence-electron chi connectivity index (χ4n) is 3.51. The molecule has 1 aliphatic heterocycles. The lowest BCUT2D eigenvalue weighted by molar-refractivity contribution is 0.0581. The first kappa shape index (κ1) is 16.7. The van der Waals surface area contributed by atoms with E-state index in [0.717, 1.165) is 49.6 Å². The molecule has 1 atom stereocenters. The molecule has 3 heterocycles. The van der Waals surface area contributed by atoms with Crippen molar-refractivity contribution in [1.29, 1.82) is 0 Å². The second kappa shape index (κ2) is 6.84. The molecule has 2 aromatic rings. The zero-order valence-corrected chi connectivity index (χ0v) is 15.2. The number of nitrogens with zero attached hydrogens (tertiary/aromatic N) is 5. The minimum Gasteiger partial charge on any atom is -0.386 e. The van der Waals surface area contributed by atoms with Crippen LogP contribution >= 0.6 is 11.8 Å². The molecular formula is C17H24N6OS. The van der Waals surface area contributed by atoms with Gasteiger partial charge >= 0.3 is 0 Å². The highest BCUT2D eigenvalue weighted by molar-refractivity contribution is 7.98. The maximum atomic E-state index is 10.5. The molecule has 134 valence electrons. The van der Waals surface area contributed by atoms with Crippen molar-refractivity contribution in [3.63, 3.8) is 0 Å². The number of hydrogen-bond donors (Lipinski definition) is 2. The van der Waals surface area contributed by atoms with Gasteiger partial charge in [-0.3, -0.25) is 4.68 Å². The van der Waals surface area contributed by atoms with Crippen LogP contribution in [0.4, 0.5) is 11.6 Å². The Balaban J connectivity index is 1.58. The second-order valence-electron chi connectivity index (χ2n) is 6.83. The number of nitrogen functional groups attached to an aromatic ring is 1. The van der Waals surface area contributed by atoms with Crippen LogP contribution in [0.5, 0.6) is 0 Å². The van der Waals surface area contributed by atoms with Gasteiger partial charge in [0.05, 0.1) is 17.9 Å². The fraction of sp³-hybridized carbons (Fsp3) is 0.588. The zero-order valence-electron chi connectivity index (χ0n) is 14.4. The molecule has 0 saturated heterocycles. The van der Waals surface area contributed by atoms with E-state index in [1.54, 1.807) is 0 Å². The molecule has 0 amide bonds. The highest BCUT2D eigenvalue weighted by Crippen LogP contribution is 2.37. The Kier molecular flexibility index (Phi) is 4.56. The summed E-state index contributed by atoms with van der Waals surface area (Å²) in [5, 5.41) is 15.9. The van der Waals surface area contributed by atoms with E-state index in [1.807, 2.05) is 17.0 Å². The highest BCUT2D eigenvalue weighted by atomic mass is 32.2. The standard InChI is InChI=1S/C17H24N6OS/c1-25-17-19-14(18)9-15(20-17)22-6-3-7-23-12(10-22)8-13(21-23)16(24)11-4-2-5-11/h8-9,11,16,24H,2-7,10H2,1H3,(H2,18,19,20)/t16-/m1/s1. The molecule has 3 N–H and O–H groups in total. The number of hydrogen-bond acceptors (Lipinski definition) is 7. The number of aryl methyl sites for hydroxylation is 1. The number of nitrogens with two attached hydrogens (primary N) is 1. The smallest absolute Gasteiger partial charge is 0.191 e. The normalized spacial score (nSPS) is 19.2. The summed E-state index contributed by atoms with van der Waals surface area (Å²) in [5.41, 5.74) is 7.87. The summed E-state index contributed by atoms with van der Waals surface area (Å²) in [4.78, 5) is 11.1. The predicted octanol–water partition coefficient (Wildman–Crippen LogP) is 2.22. The van der Waals surface area contributed by atoms with Crippen LogP contribution in [-0.2, 0) is 13.1 Å². The Morgan fingerprint density at radius 2 is 2.08 bits per heavy atom. The van der Waals surface area contributed by atoms with Gasteiger partial charge in [0.1, 0.15) is 17.7 Å². The molecule has 1 saturated carbocycles. The van der Waals surface area contributed by atoms with Gasteiger partial charge in [0.15, 0.2) is 5.16 Å². The lowest BCUT2D eigenvalue weighted by atomic mass is 9.80. The Morgan fingerprint density at radius 1 is 1.24 bits per heavy atom. The van der Waals surface area contributed by atoms with Crippen molar-refractivity contribution in [2.75, 3.05) is 23.4 Å². The third-order valence-corrected chi connectivity index (χ3v) is 5.70. The third kappa shape index (κ3) is 3.32. The molecule has 8 heteroatoms. The average Bonchev–Trinajstić information content (AvgIpc) is 2.84. The fourth-order valence-corrected chi connectivity index (χ4v) is 3.89. The summed E-state index contributed by atoms with van der Waals surface area (Å²) >= 11 is 1.49. The second-order valence-corrected chi connectivity index (χ2v) is 7.61. The molecule has 4 rings (SSSR count). The molecule has 1 fully saturated rings. The summed E-state index contributed by atoms with van der Waals surface area (Å²) in [6.07, 6.45) is 5.92. The summed E-state index contributed by atoms with van der Waals surface area (Å²) in [6, 6.07) is 3.89. The molecule has 2 aliphatic rings. The molecule has 2 aromatic heterocycles. The van der Waals surface area contributed by atoms with E-state index in [4.69, 9.17) is 5.73 Å². The van der Waals surface area contributed by atoms with Gasteiger partial charge in [-0.15, -0.1) is 0 Å². The maximum Gasteiger partial charge on any atom is 0.191 e. The Hall–Kier alpha value is -1.80. The summed E-state index contributed by atoms with van der Waals surface area (Å²) in [5.74, 6) is 1.72. The number of aromatic nitrogens is 4. The van der Waals surface area contributed by atoms with Crippen molar-refractivity contribution in [1.82, 2.24) is 19.7 Å². The van der Waals surface area contributed by atoms with Gasteiger partial charge in [0, 0.05) is 19.2 Å². The van der Waals surface area contributed by atoms with Crippen molar-refractivity contribution < 1.29 is 5.11 Å². The number of anilines is 2. The Bertz CT molecular complexity index is 760. The van der Waals surface area contributed by atoms with E-state index in [-0.39, 0.29) is 0 Å². The van der Waals surface area contributed by atoms with Crippen molar-refractivity contribution in [2.45, 2.75) is 50.0 Å². The van der Waals surface area contributed by atoms with Crippen molar-refractivity contribution in [2.24, 2.45) is 5.92 Å². The van der Waals surface area contributed by atoms with Crippen LogP contribution in [0, 0.1) is 5.92 Å². The van der Waals surface area contributed by atoms with Gasteiger partial charge in [0.2, 0.25) is 0 Å². The summed E-state index contributed by atoms with van der Waals surface area (Å²) in [7, 11) is 0. The minimum absolute atomic E-state index is 0.376. The molecule has 25 heavy (non-hydrogen) atoms. The van der Waals surface area contributed by atoms with E-state index >= 15 is 0 Å². The van der Waals surface area contributed by atoms with E-state index in [2.05, 4.69) is 26.0 Å². The van der Waals surface area contributed by atoms with E-state index in [0.29, 0.717) is 23.4 Å². The van der Waals surface area contributed by atoms with Gasteiger partial charge in [-0.1, -0.05) is 18.2 Å². The highest BCUT2D eigenvalue weighted by Gasteiger charge is 2.30. The lowest BCUT2D eigenvalue weighted by Crippen LogP contribution is -2.24. The zero-order chi connectivity index (χ0) is 17.4. The predicted molar refractivity (Wildman–Crippen MR) is 98.4 cm³/mol. The molecule has 0 bridgehead atoms. The number of rotatable bonds is 4. The van der Waals surface area contributed by atoms with E-state index < -0.39 is 6.10 Å². The molecule has 7 nitrogen and oxygen atoms in total. The number of fused-ring (bicyclic) bond motifs is 1. The van der Waals surface area contributed by atoms with Gasteiger partial charge in [-0.2, -0.15) is 5.10 Å². The van der Waals surface area contributed by atoms with Gasteiger partial charge < -0.3 is 15.7 Å². The van der Waals surface area contributed by atoms with Crippen molar-refractivity contribution in [3.8, 4) is 0 Å². The first-order valence-electron chi connectivity index (χ1n) is 8.82. The number of aliphatic hydroxyl groups excluding tert-OH is 1. The average molecular weight is 360 g/mol. The van der Waals surface area contributed by atoms with Crippen LogP contribution in [0.25, 0.3) is 0 Å². The monoisotopic (exact) mass is 360 g/mol. The van der Waals surface area contributed by atoms with E-state index in [9.17, 15) is 5.11 Å². The molecule has 1 aliphatic carbocycles. The van der Waals surface area contributed by atoms with Gasteiger partial charge in [-0.05, 0) is 37.5 Å². The van der Waals surface area contributed by atoms with Crippen LogP contribution in [-0.4, -0.2) is 37.7 Å². The van der Waals surface area contributed by atoms with Crippen LogP contribution in [0.2, 0.25) is 0 Å². The third-order valence-electron chi connectivity index (χ3n) is 5.15. The van der Waals surface area contributed by atoms with Crippen LogP contribution in [0.1, 0.15) is 43.2 Å². The number of thioether (sulfide) groups is 1. The van der Waals surface area contributed by atoms with Crippen molar-refractivity contribution in [3.05, 3.63) is 23.5 Å². The van der Waals surface area contributed by atoms with Gasteiger partial charge in [0.25, 0.3) is 0 Å². The maximum absolute atomic E-state index is 10.5. The van der Waals surface area contributed by atoms with Crippen LogP contribution in [0.15, 0.2) is 17.3 Å². The Labute approximate surface area is 151 Å². The molecule has 0 spiro atoms. The van der Waals surface area contributed by atoms with Crippen LogP contribution in [0.3, 0.4) is 0 Å².